The zero-order chi connectivity index (χ0) is 9.84. The van der Waals surface area contributed by atoms with Gasteiger partial charge in [0, 0.05) is 23.2 Å². The molecule has 13 heavy (non-hydrogen) atoms. The van der Waals surface area contributed by atoms with Crippen LogP contribution in [0.5, 0.6) is 0 Å². The second-order valence-corrected chi connectivity index (χ2v) is 3.66. The summed E-state index contributed by atoms with van der Waals surface area (Å²) >= 11 is 0. The molecule has 1 rings (SSSR count). The molecule has 1 aliphatic carbocycles. The summed E-state index contributed by atoms with van der Waals surface area (Å²) in [4.78, 5) is 21.1. The lowest BCUT2D eigenvalue weighted by Gasteiger charge is -2.17. The van der Waals surface area contributed by atoms with E-state index in [0.29, 0.717) is 6.42 Å². The lowest BCUT2D eigenvalue weighted by atomic mass is 9.87. The molecule has 0 amide bonds. The molecule has 4 nitrogen and oxygen atoms in total. The molecule has 0 aromatic carbocycles. The molecule has 0 aromatic rings. The Morgan fingerprint density at radius 3 is 2.77 bits per heavy atom. The predicted octanol–water partition coefficient (Wildman–Crippen LogP) is 1.66. The molecule has 0 unspecified atom stereocenters. The highest BCUT2D eigenvalue weighted by Gasteiger charge is 2.40. The minimum atomic E-state index is -0.477. The summed E-state index contributed by atoms with van der Waals surface area (Å²) in [7, 11) is 0. The zero-order valence-electron chi connectivity index (χ0n) is 7.81. The van der Waals surface area contributed by atoms with Crippen LogP contribution in [0.25, 0.3) is 0 Å². The molecule has 0 aromatic heterocycles. The monoisotopic (exact) mass is 185 g/mol. The van der Waals surface area contributed by atoms with Gasteiger partial charge in [0.2, 0.25) is 6.04 Å². The van der Waals surface area contributed by atoms with Crippen molar-refractivity contribution < 1.29 is 9.72 Å². The maximum atomic E-state index is 10.7. The highest BCUT2D eigenvalue weighted by molar-refractivity contribution is 5.54. The van der Waals surface area contributed by atoms with Crippen molar-refractivity contribution in [2.24, 2.45) is 11.8 Å². The van der Waals surface area contributed by atoms with Crippen molar-refractivity contribution >= 4 is 6.29 Å². The number of carbonyl (C=O) groups is 1. The second-order valence-electron chi connectivity index (χ2n) is 3.66. The molecule has 0 saturated heterocycles. The molecule has 0 spiro atoms. The molecule has 1 saturated carbocycles. The van der Waals surface area contributed by atoms with Gasteiger partial charge in [-0.15, -0.1) is 0 Å². The van der Waals surface area contributed by atoms with Crippen LogP contribution in [-0.4, -0.2) is 17.3 Å². The van der Waals surface area contributed by atoms with Gasteiger partial charge >= 0.3 is 0 Å². The first-order chi connectivity index (χ1) is 6.20. The highest BCUT2D eigenvalue weighted by atomic mass is 16.6. The minimum absolute atomic E-state index is 0.0162. The Balaban J connectivity index is 2.66. The summed E-state index contributed by atoms with van der Waals surface area (Å²) in [6.07, 6.45) is 3.97. The largest absolute Gasteiger partial charge is 0.303 e. The number of hydrogen-bond acceptors (Lipinski definition) is 3. The van der Waals surface area contributed by atoms with E-state index >= 15 is 0 Å². The van der Waals surface area contributed by atoms with Gasteiger partial charge in [-0.05, 0) is 19.3 Å². The summed E-state index contributed by atoms with van der Waals surface area (Å²) in [6.45, 7) is 1.91. The fourth-order valence-corrected chi connectivity index (χ4v) is 2.23. The number of aldehydes is 1. The number of nitrogens with zero attached hydrogens (tertiary/aromatic N) is 1. The third-order valence-corrected chi connectivity index (χ3v) is 3.00. The Hall–Kier alpha value is -0.930. The van der Waals surface area contributed by atoms with E-state index in [2.05, 4.69) is 0 Å². The van der Waals surface area contributed by atoms with Crippen LogP contribution in [0.4, 0.5) is 0 Å². The molecule has 1 aliphatic rings. The molecule has 74 valence electrons. The quantitative estimate of drug-likeness (QED) is 0.380. The van der Waals surface area contributed by atoms with Crippen molar-refractivity contribution in [2.45, 2.75) is 38.6 Å². The molecule has 0 radical (unpaired) electrons. The van der Waals surface area contributed by atoms with Crippen LogP contribution in [0.3, 0.4) is 0 Å². The lowest BCUT2D eigenvalue weighted by molar-refractivity contribution is -0.530. The maximum absolute atomic E-state index is 10.7. The van der Waals surface area contributed by atoms with E-state index in [0.717, 1.165) is 25.5 Å². The first kappa shape index (κ1) is 10.2. The zero-order valence-corrected chi connectivity index (χ0v) is 7.81. The van der Waals surface area contributed by atoms with Gasteiger partial charge in [-0.25, -0.2) is 0 Å². The fraction of sp³-hybridized carbons (Fsp3) is 0.889. The van der Waals surface area contributed by atoms with Crippen LogP contribution >= 0.6 is 0 Å². The lowest BCUT2D eigenvalue weighted by Crippen LogP contribution is -2.30. The number of rotatable bonds is 4. The van der Waals surface area contributed by atoms with Gasteiger partial charge in [-0.2, -0.15) is 0 Å². The highest BCUT2D eigenvalue weighted by Crippen LogP contribution is 2.34. The smallest absolute Gasteiger partial charge is 0.216 e. The molecule has 4 heteroatoms. The van der Waals surface area contributed by atoms with Crippen LogP contribution in [0, 0.1) is 22.0 Å². The van der Waals surface area contributed by atoms with Crippen LogP contribution in [0.1, 0.15) is 32.6 Å². The van der Waals surface area contributed by atoms with Crippen molar-refractivity contribution in [1.82, 2.24) is 0 Å². The first-order valence-electron chi connectivity index (χ1n) is 4.79. The maximum Gasteiger partial charge on any atom is 0.216 e. The molecule has 0 N–H and O–H groups in total. The molecular formula is C9H15NO3. The van der Waals surface area contributed by atoms with Crippen molar-refractivity contribution in [1.29, 1.82) is 0 Å². The van der Waals surface area contributed by atoms with Crippen LogP contribution in [-0.2, 0) is 4.79 Å². The van der Waals surface area contributed by atoms with Gasteiger partial charge in [-0.1, -0.05) is 6.92 Å². The Bertz CT molecular complexity index is 205. The fourth-order valence-electron chi connectivity index (χ4n) is 2.23. The van der Waals surface area contributed by atoms with Gasteiger partial charge in [-0.3, -0.25) is 10.1 Å². The summed E-state index contributed by atoms with van der Waals surface area (Å²) in [5.41, 5.74) is 0. The van der Waals surface area contributed by atoms with E-state index in [-0.39, 0.29) is 16.8 Å². The number of nitro groups is 1. The van der Waals surface area contributed by atoms with E-state index in [1.54, 1.807) is 0 Å². The van der Waals surface area contributed by atoms with Crippen molar-refractivity contribution in [2.75, 3.05) is 0 Å². The minimum Gasteiger partial charge on any atom is -0.303 e. The van der Waals surface area contributed by atoms with Gasteiger partial charge in [0.25, 0.3) is 0 Å². The topological polar surface area (TPSA) is 60.2 Å². The van der Waals surface area contributed by atoms with Gasteiger partial charge in [0.05, 0.1) is 0 Å². The normalized spacial score (nSPS) is 29.9. The summed E-state index contributed by atoms with van der Waals surface area (Å²) in [6, 6.07) is -0.477. The van der Waals surface area contributed by atoms with Crippen LogP contribution in [0.15, 0.2) is 0 Å². The Morgan fingerprint density at radius 1 is 1.62 bits per heavy atom. The van der Waals surface area contributed by atoms with Crippen molar-refractivity contribution in [3.8, 4) is 0 Å². The molecule has 0 bridgehead atoms. The predicted molar refractivity (Wildman–Crippen MR) is 48.0 cm³/mol. The Morgan fingerprint density at radius 2 is 2.31 bits per heavy atom. The molecular weight excluding hydrogens is 170 g/mol. The number of carbonyl (C=O) groups excluding carboxylic acids is 1. The van der Waals surface area contributed by atoms with Gasteiger partial charge < -0.3 is 4.79 Å². The third kappa shape index (κ3) is 2.05. The van der Waals surface area contributed by atoms with Crippen LogP contribution < -0.4 is 0 Å². The van der Waals surface area contributed by atoms with E-state index in [9.17, 15) is 14.9 Å². The van der Waals surface area contributed by atoms with Crippen molar-refractivity contribution in [3.63, 3.8) is 0 Å². The average molecular weight is 185 g/mol. The molecule has 3 atom stereocenters. The number of hydrogen-bond donors (Lipinski definition) is 0. The first-order valence-corrected chi connectivity index (χ1v) is 4.79. The Kier molecular flexibility index (Phi) is 3.39. The van der Waals surface area contributed by atoms with Gasteiger partial charge in [0.1, 0.15) is 6.29 Å². The van der Waals surface area contributed by atoms with E-state index in [4.69, 9.17) is 0 Å². The molecule has 0 aliphatic heterocycles. The molecule has 1 fully saturated rings. The Labute approximate surface area is 77.5 Å². The second kappa shape index (κ2) is 4.35. The van der Waals surface area contributed by atoms with Crippen LogP contribution in [0.2, 0.25) is 0 Å². The van der Waals surface area contributed by atoms with E-state index in [1.165, 1.54) is 0 Å². The summed E-state index contributed by atoms with van der Waals surface area (Å²) in [5.74, 6) is -0.129. The third-order valence-electron chi connectivity index (χ3n) is 3.00. The van der Waals surface area contributed by atoms with E-state index < -0.39 is 6.04 Å². The summed E-state index contributed by atoms with van der Waals surface area (Å²) in [5, 5.41) is 10.6. The molecule has 0 heterocycles. The standard InChI is InChI=1S/C9H15NO3/c1-2-7(6-11)8-4-3-5-9(8)10(12)13/h6-9H,2-5H2,1H3/t7-,8-,9+/m1/s1. The van der Waals surface area contributed by atoms with Crippen molar-refractivity contribution in [3.05, 3.63) is 10.1 Å². The SMILES string of the molecule is CC[C@H](C=O)[C@H]1CCC[C@@H]1[N+](=O)[O-]. The summed E-state index contributed by atoms with van der Waals surface area (Å²) < 4.78 is 0. The van der Waals surface area contributed by atoms with Gasteiger partial charge in [0.15, 0.2) is 0 Å². The van der Waals surface area contributed by atoms with E-state index in [1.807, 2.05) is 6.92 Å². The average Bonchev–Trinajstić information content (AvgIpc) is 2.55.